The Morgan fingerprint density at radius 2 is 1.91 bits per heavy atom. The van der Waals surface area contributed by atoms with Crippen LogP contribution in [0, 0.1) is 0 Å². The number of nitrogens with two attached hydrogens (primary N) is 1. The van der Waals surface area contributed by atoms with Gasteiger partial charge in [-0.05, 0) is 12.1 Å². The van der Waals surface area contributed by atoms with Gasteiger partial charge in [0.15, 0.2) is 5.82 Å². The first-order valence-corrected chi connectivity index (χ1v) is 6.67. The lowest BCUT2D eigenvalue weighted by atomic mass is 10.2. The summed E-state index contributed by atoms with van der Waals surface area (Å²) in [6.45, 7) is 0. The second-order valence-electron chi connectivity index (χ2n) is 4.63. The number of nitrogens with zero attached hydrogens (tertiary/aromatic N) is 3. The van der Waals surface area contributed by atoms with E-state index in [2.05, 4.69) is 25.1 Å². The van der Waals surface area contributed by atoms with Gasteiger partial charge in [0, 0.05) is 17.0 Å². The van der Waals surface area contributed by atoms with Crippen LogP contribution in [0.2, 0.25) is 0 Å². The monoisotopic (exact) mass is 308 g/mol. The number of carbonyl (C=O) groups excluding carboxylic acids is 1. The molecule has 0 saturated heterocycles. The van der Waals surface area contributed by atoms with E-state index in [1.165, 1.54) is 6.20 Å². The van der Waals surface area contributed by atoms with Crippen molar-refractivity contribution in [2.75, 3.05) is 0 Å². The van der Waals surface area contributed by atoms with Gasteiger partial charge in [0.05, 0.1) is 18.1 Å². The molecule has 2 aliphatic rings. The molecule has 4 N–H and O–H groups in total. The van der Waals surface area contributed by atoms with Gasteiger partial charge >= 0.3 is 0 Å². The molecular weight excluding hydrogens is 296 g/mol. The predicted molar refractivity (Wildman–Crippen MR) is 83.9 cm³/mol. The van der Waals surface area contributed by atoms with Crippen LogP contribution in [0.25, 0.3) is 22.2 Å². The van der Waals surface area contributed by atoms with E-state index in [0.29, 0.717) is 5.39 Å². The largest absolute Gasteiger partial charge is 0.363 e. The fourth-order valence-corrected chi connectivity index (χ4v) is 2.00. The van der Waals surface area contributed by atoms with Gasteiger partial charge in [-0.15, -0.1) is 0 Å². The highest BCUT2D eigenvalue weighted by Crippen LogP contribution is 2.14. The van der Waals surface area contributed by atoms with Gasteiger partial charge in [-0.1, -0.05) is 18.2 Å². The normalized spacial score (nSPS) is 10.3. The smallest absolute Gasteiger partial charge is 0.284 e. The van der Waals surface area contributed by atoms with E-state index in [-0.39, 0.29) is 11.4 Å². The topological polar surface area (TPSA) is 130 Å². The third-order valence-corrected chi connectivity index (χ3v) is 3.11. The Bertz CT molecular complexity index is 985. The summed E-state index contributed by atoms with van der Waals surface area (Å²) in [5.74, 6) is -0.423. The molecule has 2 aliphatic heterocycles. The van der Waals surface area contributed by atoms with Gasteiger partial charge in [-0.25, -0.2) is 10.1 Å². The number of benzene rings is 1. The van der Waals surface area contributed by atoms with Gasteiger partial charge in [0.25, 0.3) is 11.5 Å². The summed E-state index contributed by atoms with van der Waals surface area (Å²) < 4.78 is 0. The quantitative estimate of drug-likeness (QED) is 0.481. The summed E-state index contributed by atoms with van der Waals surface area (Å²) >= 11 is 0. The fourth-order valence-electron chi connectivity index (χ4n) is 2.00. The standard InChI is InChI=1S/C8H6N2O.C7H6N4O/c11-8-7-4-2-1-3-6(7)5-9-10-8;8-6(12)7-10-3-5-4(11-7)1-2-9-5/h1-5H,(H,10,11);1-3H,(H2,8,12)(H,10,11). The molecule has 3 heterocycles. The van der Waals surface area contributed by atoms with Crippen molar-refractivity contribution in [1.82, 2.24) is 25.1 Å². The number of fused-ring (bicyclic) bond motifs is 2. The first-order chi connectivity index (χ1) is 11.1. The Balaban J connectivity index is 0.000000136. The Morgan fingerprint density at radius 1 is 1.09 bits per heavy atom. The lowest BCUT2D eigenvalue weighted by Crippen LogP contribution is -2.15. The maximum absolute atomic E-state index is 11.1. The molecule has 0 radical (unpaired) electrons. The SMILES string of the molecule is NC(=O)c1ncc2nccc-2[nH]1.O=c1[nH]ncc2ccccc12. The molecule has 8 heteroatoms. The number of primary amides is 1. The number of hydrogen-bond acceptors (Lipinski definition) is 5. The molecule has 0 spiro atoms. The molecule has 2 aromatic rings. The van der Waals surface area contributed by atoms with Crippen LogP contribution in [0.5, 0.6) is 0 Å². The van der Waals surface area contributed by atoms with E-state index in [9.17, 15) is 9.59 Å². The molecule has 0 saturated carbocycles. The van der Waals surface area contributed by atoms with Crippen LogP contribution in [-0.2, 0) is 0 Å². The number of H-pyrrole nitrogens is 2. The number of aromatic nitrogens is 5. The summed E-state index contributed by atoms with van der Waals surface area (Å²) in [6, 6.07) is 9.10. The molecular formula is C15H12N6O2. The van der Waals surface area contributed by atoms with Crippen LogP contribution in [0.4, 0.5) is 0 Å². The Kier molecular flexibility index (Phi) is 3.79. The first-order valence-electron chi connectivity index (χ1n) is 6.67. The second-order valence-corrected chi connectivity index (χ2v) is 4.63. The first kappa shape index (κ1) is 14.4. The summed E-state index contributed by atoms with van der Waals surface area (Å²) in [4.78, 5) is 32.3. The lowest BCUT2D eigenvalue weighted by molar-refractivity contribution is 0.0990. The molecule has 0 aliphatic carbocycles. The second kappa shape index (κ2) is 6.06. The Hall–Kier alpha value is -3.55. The highest BCUT2D eigenvalue weighted by molar-refractivity contribution is 5.89. The number of amides is 1. The molecule has 1 aromatic carbocycles. The van der Waals surface area contributed by atoms with E-state index in [1.54, 1.807) is 24.5 Å². The molecule has 4 rings (SSSR count). The zero-order chi connectivity index (χ0) is 16.2. The van der Waals surface area contributed by atoms with Crippen molar-refractivity contribution < 1.29 is 4.79 Å². The molecule has 1 aromatic heterocycles. The maximum Gasteiger partial charge on any atom is 0.284 e. The zero-order valence-electron chi connectivity index (χ0n) is 11.9. The Morgan fingerprint density at radius 3 is 2.70 bits per heavy atom. The molecule has 0 bridgehead atoms. The number of nitrogens with one attached hydrogen (secondary N) is 2. The van der Waals surface area contributed by atoms with Crippen LogP contribution >= 0.6 is 0 Å². The molecule has 23 heavy (non-hydrogen) atoms. The molecule has 8 nitrogen and oxygen atoms in total. The van der Waals surface area contributed by atoms with E-state index in [0.717, 1.165) is 16.8 Å². The summed E-state index contributed by atoms with van der Waals surface area (Å²) in [5.41, 5.74) is 6.37. The van der Waals surface area contributed by atoms with Crippen molar-refractivity contribution in [2.24, 2.45) is 5.73 Å². The summed E-state index contributed by atoms with van der Waals surface area (Å²) in [5, 5.41) is 7.60. The van der Waals surface area contributed by atoms with Crippen LogP contribution in [-0.4, -0.2) is 31.1 Å². The minimum Gasteiger partial charge on any atom is -0.363 e. The highest BCUT2D eigenvalue weighted by Gasteiger charge is 2.08. The van der Waals surface area contributed by atoms with Crippen molar-refractivity contribution in [2.45, 2.75) is 0 Å². The van der Waals surface area contributed by atoms with Crippen LogP contribution in [0.1, 0.15) is 10.6 Å². The molecule has 0 atom stereocenters. The van der Waals surface area contributed by atoms with Crippen molar-refractivity contribution >= 4 is 16.7 Å². The van der Waals surface area contributed by atoms with Crippen LogP contribution in [0.15, 0.2) is 53.7 Å². The van der Waals surface area contributed by atoms with Gasteiger partial charge in [-0.2, -0.15) is 5.10 Å². The van der Waals surface area contributed by atoms with Gasteiger partial charge in [-0.3, -0.25) is 14.6 Å². The molecule has 0 unspecified atom stereocenters. The highest BCUT2D eigenvalue weighted by atomic mass is 16.1. The average Bonchev–Trinajstić information content (AvgIpc) is 3.03. The van der Waals surface area contributed by atoms with Gasteiger partial charge < -0.3 is 10.7 Å². The van der Waals surface area contributed by atoms with Gasteiger partial charge in [0.2, 0.25) is 0 Å². The fraction of sp³-hybridized carbons (Fsp3) is 0. The minimum absolute atomic E-state index is 0.136. The van der Waals surface area contributed by atoms with Crippen molar-refractivity contribution in [1.29, 1.82) is 0 Å². The third-order valence-electron chi connectivity index (χ3n) is 3.11. The van der Waals surface area contributed by atoms with Crippen LogP contribution in [0.3, 0.4) is 0 Å². The molecule has 1 amide bonds. The van der Waals surface area contributed by atoms with Crippen LogP contribution < -0.4 is 11.3 Å². The number of aromatic amines is 2. The lowest BCUT2D eigenvalue weighted by Gasteiger charge is -1.98. The minimum atomic E-state index is -0.571. The van der Waals surface area contributed by atoms with Crippen molar-refractivity contribution in [3.63, 3.8) is 0 Å². The zero-order valence-corrected chi connectivity index (χ0v) is 11.9. The van der Waals surface area contributed by atoms with E-state index >= 15 is 0 Å². The van der Waals surface area contributed by atoms with E-state index in [1.807, 2.05) is 18.2 Å². The number of hydrogen-bond donors (Lipinski definition) is 3. The number of rotatable bonds is 1. The molecule has 0 fully saturated rings. The predicted octanol–water partition coefficient (Wildman–Crippen LogP) is 0.931. The van der Waals surface area contributed by atoms with E-state index in [4.69, 9.17) is 5.73 Å². The molecule has 114 valence electrons. The maximum atomic E-state index is 11.1. The summed E-state index contributed by atoms with van der Waals surface area (Å²) in [7, 11) is 0. The van der Waals surface area contributed by atoms with Crippen molar-refractivity contribution in [3.05, 3.63) is 65.1 Å². The summed E-state index contributed by atoms with van der Waals surface area (Å²) in [6.07, 6.45) is 4.77. The van der Waals surface area contributed by atoms with E-state index < -0.39 is 5.91 Å². The van der Waals surface area contributed by atoms with Crippen molar-refractivity contribution in [3.8, 4) is 11.4 Å². The number of carbonyl (C=O) groups is 1. The third kappa shape index (κ3) is 3.05. The van der Waals surface area contributed by atoms with Gasteiger partial charge in [0.1, 0.15) is 5.69 Å². The Labute approximate surface area is 129 Å². The average molecular weight is 308 g/mol.